The van der Waals surface area contributed by atoms with Crippen molar-refractivity contribution in [1.29, 1.82) is 0 Å². The molecule has 0 aliphatic carbocycles. The average molecular weight is 598 g/mol. The van der Waals surface area contributed by atoms with Crippen LogP contribution in [0.4, 0.5) is 14.9 Å². The number of halogens is 1. The standard InChI is InChI=1S/C29H32FN5O6S/c1-28(2,3)29(4,26-33-23-19(41-6)11-14(40-5)12-20(23)42-26)34-27(39)31-17-8-7-15-16(22(17)30)13-35(25(15)38)18-9-10-21(36)32-24(18)37/h7-8,11-12,18H,9-10,13H2,1-6H3,(H2,31,34,39)(H,32,36,37)/t18?,29-/m0/s1. The zero-order chi connectivity index (χ0) is 30.6. The molecule has 3 aromatic rings. The van der Waals surface area contributed by atoms with E-state index in [1.54, 1.807) is 20.3 Å². The molecule has 3 N–H and O–H groups in total. The van der Waals surface area contributed by atoms with Crippen molar-refractivity contribution < 1.29 is 33.0 Å². The van der Waals surface area contributed by atoms with E-state index in [4.69, 9.17) is 14.5 Å². The first-order valence-corrected chi connectivity index (χ1v) is 14.2. The summed E-state index contributed by atoms with van der Waals surface area (Å²) < 4.78 is 27.4. The van der Waals surface area contributed by atoms with Gasteiger partial charge in [-0.1, -0.05) is 20.8 Å². The molecule has 11 nitrogen and oxygen atoms in total. The van der Waals surface area contributed by atoms with Gasteiger partial charge in [-0.05, 0) is 37.0 Å². The number of nitrogens with zero attached hydrogens (tertiary/aromatic N) is 2. The highest BCUT2D eigenvalue weighted by Crippen LogP contribution is 2.44. The summed E-state index contributed by atoms with van der Waals surface area (Å²) >= 11 is 1.39. The third-order valence-corrected chi connectivity index (χ3v) is 9.30. The third kappa shape index (κ3) is 4.91. The predicted octanol–water partition coefficient (Wildman–Crippen LogP) is 4.30. The number of aromatic nitrogens is 1. The number of thiazole rings is 1. The van der Waals surface area contributed by atoms with Crippen LogP contribution in [0.3, 0.4) is 0 Å². The van der Waals surface area contributed by atoms with Crippen molar-refractivity contribution in [1.82, 2.24) is 20.5 Å². The van der Waals surface area contributed by atoms with Gasteiger partial charge in [0.05, 0.1) is 36.7 Å². The molecule has 5 rings (SSSR count). The highest BCUT2D eigenvalue weighted by Gasteiger charge is 2.44. The first-order valence-electron chi connectivity index (χ1n) is 13.4. The number of methoxy groups -OCH3 is 2. The van der Waals surface area contributed by atoms with Gasteiger partial charge in [-0.3, -0.25) is 19.7 Å². The molecule has 2 atom stereocenters. The maximum absolute atomic E-state index is 15.7. The van der Waals surface area contributed by atoms with Crippen molar-refractivity contribution in [3.63, 3.8) is 0 Å². The molecule has 0 bridgehead atoms. The van der Waals surface area contributed by atoms with E-state index in [0.717, 1.165) is 4.70 Å². The Bertz CT molecular complexity index is 1630. The number of hydrogen-bond acceptors (Lipinski definition) is 8. The van der Waals surface area contributed by atoms with Crippen LogP contribution in [0.1, 0.15) is 61.5 Å². The number of carbonyl (C=O) groups excluding carboxylic acids is 4. The van der Waals surface area contributed by atoms with E-state index in [2.05, 4.69) is 16.0 Å². The summed E-state index contributed by atoms with van der Waals surface area (Å²) in [4.78, 5) is 56.3. The minimum Gasteiger partial charge on any atom is -0.497 e. The Hall–Kier alpha value is -4.26. The first kappa shape index (κ1) is 29.2. The molecule has 1 aromatic heterocycles. The third-order valence-electron chi connectivity index (χ3n) is 8.08. The number of hydrogen-bond donors (Lipinski definition) is 3. The molecule has 13 heteroatoms. The number of piperidine rings is 1. The number of urea groups is 1. The van der Waals surface area contributed by atoms with Crippen LogP contribution < -0.4 is 25.4 Å². The summed E-state index contributed by atoms with van der Waals surface area (Å²) in [5.74, 6) is -1.11. The molecular weight excluding hydrogens is 565 g/mol. The Morgan fingerprint density at radius 3 is 2.52 bits per heavy atom. The second-order valence-corrected chi connectivity index (χ2v) is 12.5. The summed E-state index contributed by atoms with van der Waals surface area (Å²) in [5, 5.41) is 8.43. The fourth-order valence-electron chi connectivity index (χ4n) is 5.11. The first-order chi connectivity index (χ1) is 19.8. The summed E-state index contributed by atoms with van der Waals surface area (Å²) in [6.07, 6.45) is 0.253. The lowest BCUT2D eigenvalue weighted by Crippen LogP contribution is -2.53. The van der Waals surface area contributed by atoms with Crippen molar-refractivity contribution in [3.8, 4) is 11.5 Å². The van der Waals surface area contributed by atoms with Crippen LogP contribution in [-0.4, -0.2) is 53.9 Å². The molecule has 1 saturated heterocycles. The zero-order valence-corrected chi connectivity index (χ0v) is 25.0. The van der Waals surface area contributed by atoms with E-state index in [1.807, 2.05) is 33.8 Å². The molecule has 5 amide bonds. The van der Waals surface area contributed by atoms with Crippen molar-refractivity contribution >= 4 is 51.0 Å². The SMILES string of the molecule is COc1cc(OC)c2nc([C@](C)(NC(=O)Nc3ccc4c(c3F)CN(C3CCC(=O)NC3=O)C4=O)C(C)(C)C)sc2c1. The monoisotopic (exact) mass is 597 g/mol. The van der Waals surface area contributed by atoms with E-state index >= 15 is 4.39 Å². The minimum absolute atomic E-state index is 0.0771. The van der Waals surface area contributed by atoms with Crippen LogP contribution >= 0.6 is 11.3 Å². The zero-order valence-electron chi connectivity index (χ0n) is 24.1. The molecule has 1 unspecified atom stereocenters. The summed E-state index contributed by atoms with van der Waals surface area (Å²) in [6.45, 7) is 7.58. The highest BCUT2D eigenvalue weighted by molar-refractivity contribution is 7.18. The Morgan fingerprint density at radius 1 is 1.14 bits per heavy atom. The van der Waals surface area contributed by atoms with Crippen LogP contribution in [-0.2, 0) is 21.7 Å². The Kier molecular flexibility index (Phi) is 7.34. The number of nitrogens with one attached hydrogen (secondary N) is 3. The normalized spacial score (nSPS) is 18.4. The highest BCUT2D eigenvalue weighted by atomic mass is 32.1. The molecule has 0 saturated carbocycles. The van der Waals surface area contributed by atoms with E-state index < -0.39 is 46.6 Å². The van der Waals surface area contributed by atoms with Gasteiger partial charge in [-0.25, -0.2) is 14.2 Å². The molecule has 42 heavy (non-hydrogen) atoms. The second-order valence-electron chi connectivity index (χ2n) is 11.5. The van der Waals surface area contributed by atoms with E-state index in [1.165, 1.54) is 28.4 Å². The van der Waals surface area contributed by atoms with Gasteiger partial charge in [0.25, 0.3) is 5.91 Å². The van der Waals surface area contributed by atoms with Gasteiger partial charge in [-0.2, -0.15) is 0 Å². The molecule has 1 fully saturated rings. The van der Waals surface area contributed by atoms with E-state index in [0.29, 0.717) is 22.0 Å². The Morgan fingerprint density at radius 2 is 1.88 bits per heavy atom. The van der Waals surface area contributed by atoms with Crippen molar-refractivity contribution in [3.05, 3.63) is 46.2 Å². The Balaban J connectivity index is 1.40. The minimum atomic E-state index is -0.995. The quantitative estimate of drug-likeness (QED) is 0.360. The van der Waals surface area contributed by atoms with Crippen LogP contribution in [0.2, 0.25) is 0 Å². The molecule has 222 valence electrons. The maximum atomic E-state index is 15.7. The van der Waals surface area contributed by atoms with Crippen molar-refractivity contribution in [2.24, 2.45) is 5.41 Å². The number of anilines is 1. The van der Waals surface area contributed by atoms with Gasteiger partial charge in [-0.15, -0.1) is 11.3 Å². The number of ether oxygens (including phenoxy) is 2. The number of amides is 5. The van der Waals surface area contributed by atoms with Crippen molar-refractivity contribution in [2.45, 2.75) is 58.7 Å². The van der Waals surface area contributed by atoms with E-state index in [-0.39, 0.29) is 36.2 Å². The average Bonchev–Trinajstić information content (AvgIpc) is 3.51. The molecule has 2 aromatic carbocycles. The van der Waals surface area contributed by atoms with Crippen LogP contribution in [0.15, 0.2) is 24.3 Å². The Labute approximate surface area is 245 Å². The fraction of sp³-hybridized carbons (Fsp3) is 0.414. The lowest BCUT2D eigenvalue weighted by molar-refractivity contribution is -0.136. The van der Waals surface area contributed by atoms with Crippen molar-refractivity contribution in [2.75, 3.05) is 19.5 Å². The summed E-state index contributed by atoms with van der Waals surface area (Å²) in [7, 11) is 3.11. The van der Waals surface area contributed by atoms with E-state index in [9.17, 15) is 19.2 Å². The fourth-order valence-corrected chi connectivity index (χ4v) is 6.43. The number of imide groups is 1. The van der Waals surface area contributed by atoms with Gasteiger partial charge < -0.3 is 25.0 Å². The molecule has 2 aliphatic rings. The molecule has 0 radical (unpaired) electrons. The largest absolute Gasteiger partial charge is 0.497 e. The van der Waals surface area contributed by atoms with Gasteiger partial charge in [0.1, 0.15) is 28.1 Å². The van der Waals surface area contributed by atoms with Gasteiger partial charge in [0, 0.05) is 23.6 Å². The number of benzene rings is 2. The van der Waals surface area contributed by atoms with Gasteiger partial charge >= 0.3 is 6.03 Å². The number of carbonyl (C=O) groups is 4. The summed E-state index contributed by atoms with van der Waals surface area (Å²) in [5.41, 5.74) is -0.817. The number of rotatable bonds is 6. The molecule has 0 spiro atoms. The maximum Gasteiger partial charge on any atom is 0.320 e. The number of fused-ring (bicyclic) bond motifs is 2. The van der Waals surface area contributed by atoms with Crippen LogP contribution in [0.25, 0.3) is 10.2 Å². The topological polar surface area (TPSA) is 139 Å². The second kappa shape index (κ2) is 10.5. The smallest absolute Gasteiger partial charge is 0.320 e. The molecule has 2 aliphatic heterocycles. The molecule has 3 heterocycles. The van der Waals surface area contributed by atoms with Crippen LogP contribution in [0.5, 0.6) is 11.5 Å². The van der Waals surface area contributed by atoms with Gasteiger partial charge in [0.2, 0.25) is 11.8 Å². The molecular formula is C29H32FN5O6S. The van der Waals surface area contributed by atoms with Gasteiger partial charge in [0.15, 0.2) is 5.82 Å². The lowest BCUT2D eigenvalue weighted by Gasteiger charge is -2.41. The predicted molar refractivity (Wildman–Crippen MR) is 154 cm³/mol. The lowest BCUT2D eigenvalue weighted by atomic mass is 9.75. The summed E-state index contributed by atoms with van der Waals surface area (Å²) in [6, 6.07) is 4.80. The van der Waals surface area contributed by atoms with Crippen LogP contribution in [0, 0.1) is 11.2 Å².